The van der Waals surface area contributed by atoms with Crippen LogP contribution in [0.3, 0.4) is 0 Å². The first-order valence-electron chi connectivity index (χ1n) is 18.7. The Balaban J connectivity index is 0.921. The van der Waals surface area contributed by atoms with Crippen LogP contribution < -0.4 is 0 Å². The van der Waals surface area contributed by atoms with E-state index < -0.39 is 0 Å². The van der Waals surface area contributed by atoms with Crippen LogP contribution in [0.15, 0.2) is 192 Å². The molecule has 56 heavy (non-hydrogen) atoms. The third kappa shape index (κ3) is 5.56. The smallest absolute Gasteiger partial charge is 0.164 e. The van der Waals surface area contributed by atoms with Gasteiger partial charge in [0.25, 0.3) is 0 Å². The fraction of sp³-hybridized carbons (Fsp3) is 0. The SMILES string of the molecule is c1ccc(-c2nc(-c3ccccc3)nc(-c3ccc4c(c3)oc3c(-c5ccc(-c6ccc(-c7cccc8c7sc7ccccc78)cc6)cc5)cccc34)n2)cc1. The van der Waals surface area contributed by atoms with Crippen LogP contribution in [0.5, 0.6) is 0 Å². The third-order valence-corrected chi connectivity index (χ3v) is 11.8. The number of benzene rings is 8. The van der Waals surface area contributed by atoms with Crippen molar-refractivity contribution >= 4 is 53.4 Å². The Hall–Kier alpha value is -7.21. The van der Waals surface area contributed by atoms with Crippen LogP contribution in [0, 0.1) is 0 Å². The van der Waals surface area contributed by atoms with Gasteiger partial charge in [0.05, 0.1) is 0 Å². The quantitative estimate of drug-likeness (QED) is 0.171. The lowest BCUT2D eigenvalue weighted by Gasteiger charge is -2.08. The number of thiophene rings is 1. The maximum Gasteiger partial charge on any atom is 0.164 e. The highest BCUT2D eigenvalue weighted by atomic mass is 32.1. The Morgan fingerprint density at radius 1 is 0.339 bits per heavy atom. The van der Waals surface area contributed by atoms with Crippen molar-refractivity contribution in [3.8, 4) is 67.5 Å². The second-order valence-electron chi connectivity index (χ2n) is 14.0. The van der Waals surface area contributed by atoms with E-state index in [9.17, 15) is 0 Å². The minimum atomic E-state index is 0.598. The Morgan fingerprint density at radius 3 is 1.50 bits per heavy atom. The molecule has 0 unspecified atom stereocenters. The van der Waals surface area contributed by atoms with E-state index in [1.165, 1.54) is 42.4 Å². The van der Waals surface area contributed by atoms with Crippen molar-refractivity contribution in [1.82, 2.24) is 15.0 Å². The zero-order valence-corrected chi connectivity index (χ0v) is 30.9. The molecular weight excluding hydrogens is 703 g/mol. The van der Waals surface area contributed by atoms with Crippen LogP contribution in [-0.4, -0.2) is 15.0 Å². The molecule has 4 nitrogen and oxygen atoms in total. The van der Waals surface area contributed by atoms with Gasteiger partial charge in [-0.3, -0.25) is 0 Å². The van der Waals surface area contributed by atoms with E-state index in [0.717, 1.165) is 49.8 Å². The van der Waals surface area contributed by atoms with E-state index in [1.54, 1.807) is 0 Å². The van der Waals surface area contributed by atoms with Crippen LogP contribution in [-0.2, 0) is 0 Å². The molecule has 0 bridgehead atoms. The predicted molar refractivity (Wildman–Crippen MR) is 233 cm³/mol. The molecule has 0 saturated carbocycles. The molecule has 5 heteroatoms. The molecule has 0 saturated heterocycles. The van der Waals surface area contributed by atoms with Crippen LogP contribution in [0.2, 0.25) is 0 Å². The summed E-state index contributed by atoms with van der Waals surface area (Å²) in [5, 5.41) is 4.77. The Bertz CT molecular complexity index is 3160. The van der Waals surface area contributed by atoms with Gasteiger partial charge in [0.15, 0.2) is 17.5 Å². The largest absolute Gasteiger partial charge is 0.455 e. The summed E-state index contributed by atoms with van der Waals surface area (Å²) in [6.45, 7) is 0. The number of para-hydroxylation sites is 1. The summed E-state index contributed by atoms with van der Waals surface area (Å²) in [5.41, 5.74) is 11.4. The number of rotatable bonds is 6. The second-order valence-corrected chi connectivity index (χ2v) is 15.0. The fourth-order valence-corrected chi connectivity index (χ4v) is 9.00. The molecule has 0 fully saturated rings. The summed E-state index contributed by atoms with van der Waals surface area (Å²) in [6, 6.07) is 65.7. The van der Waals surface area contributed by atoms with Gasteiger partial charge in [-0.05, 0) is 46.0 Å². The maximum atomic E-state index is 6.68. The van der Waals surface area contributed by atoms with Gasteiger partial charge < -0.3 is 4.42 Å². The van der Waals surface area contributed by atoms with Crippen molar-refractivity contribution in [3.63, 3.8) is 0 Å². The number of hydrogen-bond acceptors (Lipinski definition) is 5. The summed E-state index contributed by atoms with van der Waals surface area (Å²) in [6.07, 6.45) is 0. The molecule has 0 radical (unpaired) electrons. The summed E-state index contributed by atoms with van der Waals surface area (Å²) >= 11 is 1.87. The van der Waals surface area contributed by atoms with Gasteiger partial charge in [-0.2, -0.15) is 0 Å². The lowest BCUT2D eigenvalue weighted by molar-refractivity contribution is 0.670. The van der Waals surface area contributed by atoms with E-state index in [2.05, 4.69) is 121 Å². The number of furan rings is 1. The standard InChI is InChI=1S/C51H31N3OS/c1-3-11-36(12-4-1)49-52-50(37-13-5-2-6-14-37)54-51(53-49)38-29-30-41-43-18-9-16-39(47(43)55-45(41)31-38)34-25-21-32(22-26-34)33-23-27-35(28-24-33)40-17-10-19-44-42-15-7-8-20-46(42)56-48(40)44/h1-31H. The third-order valence-electron chi connectivity index (χ3n) is 10.6. The molecule has 11 rings (SSSR count). The molecule has 0 aliphatic carbocycles. The fourth-order valence-electron chi connectivity index (χ4n) is 7.76. The highest BCUT2D eigenvalue weighted by Gasteiger charge is 2.17. The van der Waals surface area contributed by atoms with Crippen molar-refractivity contribution in [2.75, 3.05) is 0 Å². The van der Waals surface area contributed by atoms with Crippen molar-refractivity contribution in [2.24, 2.45) is 0 Å². The highest BCUT2D eigenvalue weighted by Crippen LogP contribution is 2.41. The van der Waals surface area contributed by atoms with Gasteiger partial charge in [-0.1, -0.05) is 170 Å². The van der Waals surface area contributed by atoms with Crippen molar-refractivity contribution in [3.05, 3.63) is 188 Å². The lowest BCUT2D eigenvalue weighted by atomic mass is 9.97. The van der Waals surface area contributed by atoms with Gasteiger partial charge in [0, 0.05) is 53.2 Å². The number of nitrogens with zero attached hydrogens (tertiary/aromatic N) is 3. The van der Waals surface area contributed by atoms with Gasteiger partial charge >= 0.3 is 0 Å². The molecule has 0 N–H and O–H groups in total. The van der Waals surface area contributed by atoms with Crippen LogP contribution in [0.4, 0.5) is 0 Å². The predicted octanol–water partition coefficient (Wildman–Crippen LogP) is 14.1. The first-order chi connectivity index (χ1) is 27.7. The first-order valence-corrected chi connectivity index (χ1v) is 19.5. The van der Waals surface area contributed by atoms with Crippen molar-refractivity contribution < 1.29 is 4.42 Å². The summed E-state index contributed by atoms with van der Waals surface area (Å²) in [5.74, 6) is 1.86. The monoisotopic (exact) mass is 733 g/mol. The molecular formula is C51H31N3OS. The van der Waals surface area contributed by atoms with Crippen molar-refractivity contribution in [1.29, 1.82) is 0 Å². The minimum absolute atomic E-state index is 0.598. The number of hydrogen-bond donors (Lipinski definition) is 0. The average molecular weight is 734 g/mol. The van der Waals surface area contributed by atoms with Crippen molar-refractivity contribution in [2.45, 2.75) is 0 Å². The van der Waals surface area contributed by atoms with E-state index in [-0.39, 0.29) is 0 Å². The van der Waals surface area contributed by atoms with E-state index in [0.29, 0.717) is 17.5 Å². The summed E-state index contributed by atoms with van der Waals surface area (Å²) in [7, 11) is 0. The topological polar surface area (TPSA) is 51.8 Å². The van der Waals surface area contributed by atoms with E-state index >= 15 is 0 Å². The zero-order chi connectivity index (χ0) is 37.0. The molecule has 0 spiro atoms. The van der Waals surface area contributed by atoms with Crippen LogP contribution >= 0.6 is 11.3 Å². The van der Waals surface area contributed by atoms with E-state index in [4.69, 9.17) is 19.4 Å². The number of fused-ring (bicyclic) bond motifs is 6. The molecule has 262 valence electrons. The first kappa shape index (κ1) is 32.2. The van der Waals surface area contributed by atoms with Gasteiger partial charge in [0.1, 0.15) is 11.2 Å². The molecule has 3 aromatic heterocycles. The Labute approximate surface area is 327 Å². The normalized spacial score (nSPS) is 11.6. The number of aromatic nitrogens is 3. The summed E-state index contributed by atoms with van der Waals surface area (Å²) in [4.78, 5) is 14.7. The zero-order valence-electron chi connectivity index (χ0n) is 30.1. The summed E-state index contributed by atoms with van der Waals surface area (Å²) < 4.78 is 9.34. The maximum absolute atomic E-state index is 6.68. The average Bonchev–Trinajstić information content (AvgIpc) is 3.85. The van der Waals surface area contributed by atoms with Crippen LogP contribution in [0.25, 0.3) is 110 Å². The molecule has 0 aliphatic heterocycles. The molecule has 0 amide bonds. The molecule has 0 aliphatic rings. The Morgan fingerprint density at radius 2 is 0.839 bits per heavy atom. The molecule has 8 aromatic carbocycles. The highest BCUT2D eigenvalue weighted by molar-refractivity contribution is 7.26. The lowest BCUT2D eigenvalue weighted by Crippen LogP contribution is -2.00. The molecule has 3 heterocycles. The van der Waals surface area contributed by atoms with E-state index in [1.807, 2.05) is 78.1 Å². The van der Waals surface area contributed by atoms with Gasteiger partial charge in [0.2, 0.25) is 0 Å². The van der Waals surface area contributed by atoms with Gasteiger partial charge in [-0.15, -0.1) is 11.3 Å². The minimum Gasteiger partial charge on any atom is -0.455 e. The Kier molecular flexibility index (Phi) is 7.64. The second kappa shape index (κ2) is 13.3. The van der Waals surface area contributed by atoms with Gasteiger partial charge in [-0.25, -0.2) is 15.0 Å². The molecule has 11 aromatic rings. The molecule has 0 atom stereocenters. The van der Waals surface area contributed by atoms with Crippen LogP contribution in [0.1, 0.15) is 0 Å².